The number of aromatic nitrogens is 2. The molecule has 0 bridgehead atoms. The van der Waals surface area contributed by atoms with Crippen molar-refractivity contribution < 1.29 is 12.8 Å². The minimum Gasteiger partial charge on any atom is -0.237 e. The van der Waals surface area contributed by atoms with Gasteiger partial charge in [-0.2, -0.15) is 5.10 Å². The Bertz CT molecular complexity index is 1030. The smallest absolute Gasteiger partial charge is 0.235 e. The van der Waals surface area contributed by atoms with E-state index in [1.807, 2.05) is 15.5 Å². The minimum atomic E-state index is -3.86. The van der Waals surface area contributed by atoms with Crippen LogP contribution in [0.2, 0.25) is 0 Å². The highest BCUT2D eigenvalue weighted by molar-refractivity contribution is 7.93. The summed E-state index contributed by atoms with van der Waals surface area (Å²) >= 11 is 0. The molecule has 1 heterocycles. The van der Waals surface area contributed by atoms with Gasteiger partial charge in [0.05, 0.1) is 21.8 Å². The van der Waals surface area contributed by atoms with Gasteiger partial charge in [0.1, 0.15) is 5.82 Å². The van der Waals surface area contributed by atoms with E-state index in [9.17, 15) is 12.8 Å². The molecule has 0 N–H and O–H groups in total. The first-order valence-corrected chi connectivity index (χ1v) is 8.98. The maximum Gasteiger partial charge on any atom is 0.235 e. The van der Waals surface area contributed by atoms with Crippen LogP contribution in [-0.2, 0) is 10.0 Å². The molecule has 0 fully saturated rings. The van der Waals surface area contributed by atoms with Crippen molar-refractivity contribution >= 4 is 38.3 Å². The average molecular weight is 361 g/mol. The van der Waals surface area contributed by atoms with Crippen LogP contribution in [0.25, 0.3) is 16.6 Å². The van der Waals surface area contributed by atoms with Crippen LogP contribution in [0.1, 0.15) is 11.3 Å². The van der Waals surface area contributed by atoms with Gasteiger partial charge in [-0.1, -0.05) is 9.39 Å². The van der Waals surface area contributed by atoms with Gasteiger partial charge in [0.25, 0.3) is 0 Å². The lowest BCUT2D eigenvalue weighted by molar-refractivity contribution is 0.581. The van der Waals surface area contributed by atoms with Crippen molar-refractivity contribution in [2.45, 2.75) is 18.7 Å². The third-order valence-corrected chi connectivity index (χ3v) is 5.96. The molecular formula is C15H14BFN3O2PS. The average Bonchev–Trinajstić information content (AvgIpc) is 2.84. The van der Waals surface area contributed by atoms with E-state index in [4.69, 9.17) is 7.98 Å². The molecule has 3 aromatic rings. The number of sulfonamides is 1. The van der Waals surface area contributed by atoms with E-state index in [0.717, 1.165) is 5.56 Å². The Kier molecular flexibility index (Phi) is 4.24. The molecule has 122 valence electrons. The molecule has 1 atom stereocenters. The van der Waals surface area contributed by atoms with Crippen LogP contribution in [0.15, 0.2) is 41.3 Å². The van der Waals surface area contributed by atoms with Crippen LogP contribution in [-0.4, -0.2) is 30.2 Å². The van der Waals surface area contributed by atoms with Gasteiger partial charge >= 0.3 is 0 Å². The molecule has 3 rings (SSSR count). The molecule has 0 saturated carbocycles. The minimum absolute atomic E-state index is 0.0841. The van der Waals surface area contributed by atoms with Crippen molar-refractivity contribution in [2.24, 2.45) is 0 Å². The second kappa shape index (κ2) is 5.95. The predicted octanol–water partition coefficient (Wildman–Crippen LogP) is 2.65. The Labute approximate surface area is 143 Å². The molecule has 1 unspecified atom stereocenters. The van der Waals surface area contributed by atoms with Crippen LogP contribution in [0, 0.1) is 19.7 Å². The summed E-state index contributed by atoms with van der Waals surface area (Å²) < 4.78 is 40.4. The number of halogens is 1. The highest BCUT2D eigenvalue weighted by Gasteiger charge is 2.24. The zero-order valence-corrected chi connectivity index (χ0v) is 15.0. The van der Waals surface area contributed by atoms with E-state index < -0.39 is 10.0 Å². The number of hydrogen-bond donors (Lipinski definition) is 0. The lowest BCUT2D eigenvalue weighted by Crippen LogP contribution is -2.18. The summed E-state index contributed by atoms with van der Waals surface area (Å²) in [7, 11) is 3.55. The third kappa shape index (κ3) is 2.75. The van der Waals surface area contributed by atoms with E-state index in [2.05, 4.69) is 5.10 Å². The topological polar surface area (TPSA) is 55.2 Å². The molecule has 0 aliphatic rings. The molecule has 0 aliphatic heterocycles. The fraction of sp³-hybridized carbons (Fsp3) is 0.133. The summed E-state index contributed by atoms with van der Waals surface area (Å²) in [6, 6.07) is 9.23. The van der Waals surface area contributed by atoms with Crippen LogP contribution in [0.4, 0.5) is 4.39 Å². The van der Waals surface area contributed by atoms with Crippen molar-refractivity contribution in [3.05, 3.63) is 53.5 Å². The van der Waals surface area contributed by atoms with Gasteiger partial charge in [0, 0.05) is 5.39 Å². The predicted molar refractivity (Wildman–Crippen MR) is 95.0 cm³/mol. The van der Waals surface area contributed by atoms with E-state index >= 15 is 0 Å². The second-order valence-corrected chi connectivity index (χ2v) is 8.21. The fourth-order valence-corrected chi connectivity index (χ4v) is 4.03. The maximum atomic E-state index is 13.2. The van der Waals surface area contributed by atoms with Gasteiger partial charge in [0.2, 0.25) is 18.0 Å². The summed E-state index contributed by atoms with van der Waals surface area (Å²) in [6.07, 6.45) is 0. The lowest BCUT2D eigenvalue weighted by atomic mass is 10.1. The normalized spacial score (nSPS) is 12.2. The molecule has 0 saturated heterocycles. The summed E-state index contributed by atoms with van der Waals surface area (Å²) in [5.74, 6) is -0.354. The van der Waals surface area contributed by atoms with E-state index in [1.54, 1.807) is 36.7 Å². The Morgan fingerprint density at radius 3 is 2.42 bits per heavy atom. The first-order valence-electron chi connectivity index (χ1n) is 7.02. The fourth-order valence-electron chi connectivity index (χ4n) is 2.62. The number of fused-ring (bicyclic) bond motifs is 1. The van der Waals surface area contributed by atoms with E-state index in [-0.39, 0.29) is 10.7 Å². The Hall–Kier alpha value is -1.76. The number of benzene rings is 2. The van der Waals surface area contributed by atoms with Crippen LogP contribution >= 0.6 is 9.39 Å². The quantitative estimate of drug-likeness (QED) is 0.532. The molecule has 2 aromatic carbocycles. The standard InChI is InChI=1S/C15H14BFN3O2PS/c1-9-7-13-15(14(8-9)24(21,22)20(16)23)10(2)18-19(13)12-5-3-11(17)4-6-12/h3-8H,23H2,1-2H3. The molecule has 1 aromatic heterocycles. The summed E-state index contributed by atoms with van der Waals surface area (Å²) in [5, 5.41) is 4.92. The molecule has 0 amide bonds. The van der Waals surface area contributed by atoms with Crippen molar-refractivity contribution in [2.75, 3.05) is 0 Å². The van der Waals surface area contributed by atoms with Crippen LogP contribution < -0.4 is 0 Å². The zero-order valence-electron chi connectivity index (χ0n) is 13.1. The van der Waals surface area contributed by atoms with Crippen LogP contribution in [0.5, 0.6) is 0 Å². The maximum absolute atomic E-state index is 13.2. The van der Waals surface area contributed by atoms with Gasteiger partial charge in [-0.15, -0.1) is 0 Å². The Morgan fingerprint density at radius 2 is 1.83 bits per heavy atom. The van der Waals surface area contributed by atoms with Crippen molar-refractivity contribution in [3.63, 3.8) is 0 Å². The molecule has 0 aliphatic carbocycles. The molecule has 2 radical (unpaired) electrons. The Balaban J connectivity index is 2.38. The van der Waals surface area contributed by atoms with Gasteiger partial charge in [-0.3, -0.25) is 0 Å². The van der Waals surface area contributed by atoms with E-state index in [1.165, 1.54) is 12.1 Å². The summed E-state index contributed by atoms with van der Waals surface area (Å²) in [6.45, 7) is 3.51. The highest BCUT2D eigenvalue weighted by atomic mass is 32.2. The Morgan fingerprint density at radius 1 is 1.21 bits per heavy atom. The molecular weight excluding hydrogens is 347 g/mol. The first-order chi connectivity index (χ1) is 11.2. The first kappa shape index (κ1) is 17.1. The van der Waals surface area contributed by atoms with Gasteiger partial charge < -0.3 is 0 Å². The SMILES string of the molecule is [B]N(P)S(=O)(=O)c1cc(C)cc2c1c(C)nn2-c1ccc(F)cc1. The molecule has 0 spiro atoms. The van der Waals surface area contributed by atoms with Gasteiger partial charge in [-0.05, 0) is 55.8 Å². The van der Waals surface area contributed by atoms with E-state index in [0.29, 0.717) is 26.3 Å². The van der Waals surface area contributed by atoms with Crippen molar-refractivity contribution in [3.8, 4) is 5.69 Å². The highest BCUT2D eigenvalue weighted by Crippen LogP contribution is 2.31. The van der Waals surface area contributed by atoms with Gasteiger partial charge in [0.15, 0.2) is 0 Å². The number of aryl methyl sites for hydroxylation is 2. The number of rotatable bonds is 3. The van der Waals surface area contributed by atoms with Crippen LogP contribution in [0.3, 0.4) is 0 Å². The third-order valence-electron chi connectivity index (χ3n) is 3.69. The monoisotopic (exact) mass is 361 g/mol. The zero-order chi connectivity index (χ0) is 17.6. The largest absolute Gasteiger partial charge is 0.237 e. The molecule has 9 heteroatoms. The molecule has 24 heavy (non-hydrogen) atoms. The van der Waals surface area contributed by atoms with Crippen molar-refractivity contribution in [1.82, 2.24) is 13.8 Å². The lowest BCUT2D eigenvalue weighted by Gasteiger charge is -2.14. The molecule has 5 nitrogen and oxygen atoms in total. The summed E-state index contributed by atoms with van der Waals surface area (Å²) in [4.78, 5) is 0.0841. The second-order valence-electron chi connectivity index (χ2n) is 5.47. The van der Waals surface area contributed by atoms with Crippen molar-refractivity contribution in [1.29, 1.82) is 0 Å². The number of hydrogen-bond acceptors (Lipinski definition) is 3. The van der Waals surface area contributed by atoms with Gasteiger partial charge in [-0.25, -0.2) is 21.5 Å². The number of nitrogens with zero attached hydrogens (tertiary/aromatic N) is 3. The summed E-state index contributed by atoms with van der Waals surface area (Å²) in [5.41, 5.74) is 2.54.